The molecule has 0 aliphatic rings. The highest BCUT2D eigenvalue weighted by atomic mass is 16.4. The van der Waals surface area contributed by atoms with Gasteiger partial charge < -0.3 is 20.2 Å². The van der Waals surface area contributed by atoms with Crippen LogP contribution in [-0.2, 0) is 0 Å². The molecule has 0 saturated carbocycles. The first-order valence-corrected chi connectivity index (χ1v) is 7.00. The molecule has 5 heteroatoms. The number of benzene rings is 3. The van der Waals surface area contributed by atoms with E-state index in [2.05, 4.69) is 0 Å². The van der Waals surface area contributed by atoms with Gasteiger partial charge in [-0.3, -0.25) is 0 Å². The molecule has 0 aliphatic carbocycles. The van der Waals surface area contributed by atoms with Crippen molar-refractivity contribution >= 4 is 28.1 Å². The fourth-order valence-electron chi connectivity index (χ4n) is 2.63. The molecule has 0 amide bonds. The maximum atomic E-state index is 11.2. The Labute approximate surface area is 132 Å². The van der Waals surface area contributed by atoms with Gasteiger partial charge in [-0.1, -0.05) is 30.3 Å². The highest BCUT2D eigenvalue weighted by molar-refractivity contribution is 5.99. The van der Waals surface area contributed by atoms with Crippen LogP contribution >= 0.6 is 0 Å². The van der Waals surface area contributed by atoms with Gasteiger partial charge in [-0.05, 0) is 29.7 Å². The van der Waals surface area contributed by atoms with Gasteiger partial charge >= 0.3 is 5.97 Å². The number of carbonyl (C=O) groups is 1. The van der Waals surface area contributed by atoms with Gasteiger partial charge in [0.05, 0.1) is 5.69 Å². The Morgan fingerprint density at radius 2 is 1.65 bits per heavy atom. The minimum atomic E-state index is -1.21. The standard InChI is InChI=1S/C18H15NO4/c1-19(12-7-9-15(20)14(10-12)18(22)23)17-13-5-3-2-4-11(13)6-8-16(17)21/h2-10,20-21H,1H3,(H,22,23). The van der Waals surface area contributed by atoms with Crippen molar-refractivity contribution in [3.8, 4) is 11.5 Å². The number of phenols is 2. The van der Waals surface area contributed by atoms with Crippen molar-refractivity contribution in [1.82, 2.24) is 0 Å². The average molecular weight is 309 g/mol. The van der Waals surface area contributed by atoms with E-state index in [9.17, 15) is 15.0 Å². The van der Waals surface area contributed by atoms with Gasteiger partial charge in [0.25, 0.3) is 0 Å². The van der Waals surface area contributed by atoms with Crippen molar-refractivity contribution in [2.24, 2.45) is 0 Å². The van der Waals surface area contributed by atoms with E-state index in [0.717, 1.165) is 10.8 Å². The van der Waals surface area contributed by atoms with Gasteiger partial charge in [0.1, 0.15) is 17.1 Å². The van der Waals surface area contributed by atoms with E-state index >= 15 is 0 Å². The molecule has 0 spiro atoms. The van der Waals surface area contributed by atoms with Crippen LogP contribution in [0, 0.1) is 0 Å². The minimum absolute atomic E-state index is 0.0937. The number of rotatable bonds is 3. The molecular weight excluding hydrogens is 294 g/mol. The lowest BCUT2D eigenvalue weighted by Gasteiger charge is -2.23. The zero-order valence-electron chi connectivity index (χ0n) is 12.4. The normalized spacial score (nSPS) is 10.7. The highest BCUT2D eigenvalue weighted by Crippen LogP contribution is 2.39. The molecule has 0 aromatic heterocycles. The number of nitrogens with zero attached hydrogens (tertiary/aromatic N) is 1. The summed E-state index contributed by atoms with van der Waals surface area (Å²) in [6.07, 6.45) is 0. The maximum Gasteiger partial charge on any atom is 0.339 e. The summed E-state index contributed by atoms with van der Waals surface area (Å²) in [5.41, 5.74) is 0.936. The van der Waals surface area contributed by atoms with Gasteiger partial charge in [0, 0.05) is 18.1 Å². The van der Waals surface area contributed by atoms with Gasteiger partial charge in [0.15, 0.2) is 0 Å². The molecule has 5 nitrogen and oxygen atoms in total. The monoisotopic (exact) mass is 309 g/mol. The molecule has 0 fully saturated rings. The number of aromatic hydroxyl groups is 2. The number of phenolic OH excluding ortho intramolecular Hbond substituents is 1. The molecule has 116 valence electrons. The van der Waals surface area contributed by atoms with Gasteiger partial charge in [0.2, 0.25) is 0 Å². The largest absolute Gasteiger partial charge is 0.507 e. The second kappa shape index (κ2) is 5.53. The number of hydrogen-bond acceptors (Lipinski definition) is 4. The van der Waals surface area contributed by atoms with Gasteiger partial charge in [-0.15, -0.1) is 0 Å². The number of aromatic carboxylic acids is 1. The molecule has 23 heavy (non-hydrogen) atoms. The molecule has 0 heterocycles. The van der Waals surface area contributed by atoms with Crippen LogP contribution in [0.4, 0.5) is 11.4 Å². The van der Waals surface area contributed by atoms with Crippen molar-refractivity contribution in [2.45, 2.75) is 0 Å². The second-order valence-corrected chi connectivity index (χ2v) is 5.22. The third kappa shape index (κ3) is 2.53. The second-order valence-electron chi connectivity index (χ2n) is 5.22. The van der Waals surface area contributed by atoms with Crippen LogP contribution in [0.1, 0.15) is 10.4 Å². The molecule has 3 rings (SSSR count). The first kappa shape index (κ1) is 14.7. The Balaban J connectivity index is 2.18. The van der Waals surface area contributed by atoms with E-state index in [1.165, 1.54) is 12.1 Å². The first-order valence-electron chi connectivity index (χ1n) is 7.00. The van der Waals surface area contributed by atoms with E-state index in [4.69, 9.17) is 5.11 Å². The average Bonchev–Trinajstić information content (AvgIpc) is 2.54. The van der Waals surface area contributed by atoms with Crippen LogP contribution in [-0.4, -0.2) is 28.3 Å². The molecule has 0 radical (unpaired) electrons. The summed E-state index contributed by atoms with van der Waals surface area (Å²) >= 11 is 0. The van der Waals surface area contributed by atoms with E-state index < -0.39 is 5.97 Å². The lowest BCUT2D eigenvalue weighted by Crippen LogP contribution is -2.11. The highest BCUT2D eigenvalue weighted by Gasteiger charge is 2.16. The van der Waals surface area contributed by atoms with E-state index in [1.807, 2.05) is 30.3 Å². The van der Waals surface area contributed by atoms with Crippen molar-refractivity contribution in [1.29, 1.82) is 0 Å². The van der Waals surface area contributed by atoms with Gasteiger partial charge in [-0.25, -0.2) is 4.79 Å². The lowest BCUT2D eigenvalue weighted by atomic mass is 10.1. The Bertz CT molecular complexity index is 905. The van der Waals surface area contributed by atoms with Crippen LogP contribution in [0.15, 0.2) is 54.6 Å². The first-order chi connectivity index (χ1) is 11.0. The summed E-state index contributed by atoms with van der Waals surface area (Å²) in [5, 5.41) is 30.9. The third-order valence-electron chi connectivity index (χ3n) is 3.81. The topological polar surface area (TPSA) is 81.0 Å². The zero-order chi connectivity index (χ0) is 16.6. The quantitative estimate of drug-likeness (QED) is 0.687. The molecule has 0 aliphatic heterocycles. The van der Waals surface area contributed by atoms with Crippen molar-refractivity contribution in [3.05, 3.63) is 60.2 Å². The SMILES string of the molecule is CN(c1ccc(O)c(C(=O)O)c1)c1c(O)ccc2ccccc12. The molecule has 0 saturated heterocycles. The van der Waals surface area contributed by atoms with Crippen LogP contribution < -0.4 is 4.90 Å². The third-order valence-corrected chi connectivity index (χ3v) is 3.81. The zero-order valence-corrected chi connectivity index (χ0v) is 12.4. The predicted octanol–water partition coefficient (Wildman–Crippen LogP) is 3.72. The number of fused-ring (bicyclic) bond motifs is 1. The van der Waals surface area contributed by atoms with Crippen molar-refractivity contribution in [3.63, 3.8) is 0 Å². The summed E-state index contributed by atoms with van der Waals surface area (Å²) in [6.45, 7) is 0. The van der Waals surface area contributed by atoms with Crippen LogP contribution in [0.25, 0.3) is 10.8 Å². The molecule has 3 aromatic carbocycles. The Morgan fingerprint density at radius 3 is 2.39 bits per heavy atom. The summed E-state index contributed by atoms with van der Waals surface area (Å²) < 4.78 is 0. The Morgan fingerprint density at radius 1 is 0.957 bits per heavy atom. The molecule has 0 bridgehead atoms. The molecule has 0 atom stereocenters. The van der Waals surface area contributed by atoms with E-state index in [0.29, 0.717) is 11.4 Å². The van der Waals surface area contributed by atoms with Crippen LogP contribution in [0.5, 0.6) is 11.5 Å². The number of hydrogen-bond donors (Lipinski definition) is 3. The van der Waals surface area contributed by atoms with Crippen LogP contribution in [0.3, 0.4) is 0 Å². The number of carboxylic acids is 1. The fourth-order valence-corrected chi connectivity index (χ4v) is 2.63. The molecule has 3 aromatic rings. The van der Waals surface area contributed by atoms with Gasteiger partial charge in [-0.2, -0.15) is 0 Å². The Hall–Kier alpha value is -3.21. The summed E-state index contributed by atoms with van der Waals surface area (Å²) in [4.78, 5) is 12.9. The minimum Gasteiger partial charge on any atom is -0.507 e. The summed E-state index contributed by atoms with van der Waals surface area (Å²) in [5.74, 6) is -1.41. The van der Waals surface area contributed by atoms with Crippen molar-refractivity contribution in [2.75, 3.05) is 11.9 Å². The van der Waals surface area contributed by atoms with E-state index in [1.54, 1.807) is 24.1 Å². The number of carboxylic acid groups (broad SMARTS) is 1. The van der Waals surface area contributed by atoms with Crippen molar-refractivity contribution < 1.29 is 20.1 Å². The maximum absolute atomic E-state index is 11.2. The van der Waals surface area contributed by atoms with E-state index in [-0.39, 0.29) is 17.1 Å². The lowest BCUT2D eigenvalue weighted by molar-refractivity contribution is 0.0694. The molecular formula is C18H15NO4. The van der Waals surface area contributed by atoms with Crippen LogP contribution in [0.2, 0.25) is 0 Å². The molecule has 3 N–H and O–H groups in total. The Kier molecular flexibility index (Phi) is 3.54. The predicted molar refractivity (Wildman–Crippen MR) is 88.7 cm³/mol. The molecule has 0 unspecified atom stereocenters. The number of anilines is 2. The summed E-state index contributed by atoms with van der Waals surface area (Å²) in [6, 6.07) is 15.3. The summed E-state index contributed by atoms with van der Waals surface area (Å²) in [7, 11) is 1.74. The fraction of sp³-hybridized carbons (Fsp3) is 0.0556. The smallest absolute Gasteiger partial charge is 0.339 e.